The van der Waals surface area contributed by atoms with Crippen LogP contribution in [0.25, 0.3) is 93.7 Å². The molecule has 0 amide bonds. The van der Waals surface area contributed by atoms with Crippen LogP contribution in [0.5, 0.6) is 0 Å². The van der Waals surface area contributed by atoms with Crippen molar-refractivity contribution in [3.63, 3.8) is 0 Å². The summed E-state index contributed by atoms with van der Waals surface area (Å²) in [5.74, 6) is 1.86. The smallest absolute Gasteiger partial charge is 0.187 e. The van der Waals surface area contributed by atoms with Gasteiger partial charge in [0.25, 0.3) is 0 Å². The fourth-order valence-electron chi connectivity index (χ4n) is 6.79. The normalized spacial score (nSPS) is 11.2. The zero-order chi connectivity index (χ0) is 33.4. The van der Waals surface area contributed by atoms with Gasteiger partial charge in [-0.15, -0.1) is 0 Å². The van der Waals surface area contributed by atoms with Gasteiger partial charge in [-0.2, -0.15) is 0 Å². The molecule has 5 heteroatoms. The van der Waals surface area contributed by atoms with Crippen LogP contribution in [0.1, 0.15) is 0 Å². The van der Waals surface area contributed by atoms with Gasteiger partial charge in [-0.25, -0.2) is 19.8 Å². The molecule has 9 rings (SSSR count). The Balaban J connectivity index is 1.26. The zero-order valence-electron chi connectivity index (χ0n) is 26.8. The van der Waals surface area contributed by atoms with E-state index in [0.29, 0.717) is 23.2 Å². The first kappa shape index (κ1) is 29.1. The Morgan fingerprint density at radius 2 is 0.900 bits per heavy atom. The van der Waals surface area contributed by atoms with Crippen LogP contribution >= 0.6 is 0 Å². The third-order valence-corrected chi connectivity index (χ3v) is 9.15. The second-order valence-corrected chi connectivity index (χ2v) is 12.2. The van der Waals surface area contributed by atoms with Crippen molar-refractivity contribution >= 4 is 38.1 Å². The molecule has 0 unspecified atom stereocenters. The largest absolute Gasteiger partial charge is 0.256 e. The van der Waals surface area contributed by atoms with E-state index < -0.39 is 0 Å². The molecule has 5 nitrogen and oxygen atoms in total. The van der Waals surface area contributed by atoms with E-state index in [9.17, 15) is 0 Å². The SMILES string of the molecule is [C-]#[N+]c1cccc(-c2cc3c4cccnc4c(-c4cccc(-c5nc(-c6ccccc6)nc(-c6ccccc6)n5)c4)cc3c3ccccc23)c1. The summed E-state index contributed by atoms with van der Waals surface area (Å²) in [5, 5.41) is 5.61. The van der Waals surface area contributed by atoms with Crippen molar-refractivity contribution in [2.45, 2.75) is 0 Å². The van der Waals surface area contributed by atoms with Crippen molar-refractivity contribution in [2.24, 2.45) is 0 Å². The fourth-order valence-corrected chi connectivity index (χ4v) is 6.79. The highest BCUT2D eigenvalue weighted by Gasteiger charge is 2.17. The van der Waals surface area contributed by atoms with Gasteiger partial charge in [0.2, 0.25) is 0 Å². The van der Waals surface area contributed by atoms with Gasteiger partial charge < -0.3 is 0 Å². The molecule has 50 heavy (non-hydrogen) atoms. The molecule has 0 N–H and O–H groups in total. The average Bonchev–Trinajstić information content (AvgIpc) is 3.20. The monoisotopic (exact) mass is 637 g/mol. The summed E-state index contributed by atoms with van der Waals surface area (Å²) in [7, 11) is 0. The topological polar surface area (TPSA) is 55.9 Å². The number of hydrogen-bond donors (Lipinski definition) is 0. The molecule has 0 aliphatic rings. The van der Waals surface area contributed by atoms with E-state index in [4.69, 9.17) is 26.5 Å². The van der Waals surface area contributed by atoms with Crippen molar-refractivity contribution in [1.82, 2.24) is 19.9 Å². The molecule has 0 spiro atoms. The molecule has 9 aromatic rings. The maximum absolute atomic E-state index is 7.59. The van der Waals surface area contributed by atoms with Crippen molar-refractivity contribution in [3.8, 4) is 56.4 Å². The summed E-state index contributed by atoms with van der Waals surface area (Å²) >= 11 is 0. The summed E-state index contributed by atoms with van der Waals surface area (Å²) in [5.41, 5.74) is 8.46. The Kier molecular flexibility index (Phi) is 7.11. The predicted molar refractivity (Wildman–Crippen MR) is 204 cm³/mol. The molecule has 0 saturated heterocycles. The molecule has 2 aromatic heterocycles. The van der Waals surface area contributed by atoms with Gasteiger partial charge in [-0.1, -0.05) is 127 Å². The minimum absolute atomic E-state index is 0.606. The van der Waals surface area contributed by atoms with Gasteiger partial charge >= 0.3 is 0 Å². The number of fused-ring (bicyclic) bond motifs is 5. The summed E-state index contributed by atoms with van der Waals surface area (Å²) in [4.78, 5) is 23.5. The number of rotatable bonds is 5. The summed E-state index contributed by atoms with van der Waals surface area (Å²) in [6.07, 6.45) is 1.85. The van der Waals surface area contributed by atoms with Crippen LogP contribution in [-0.4, -0.2) is 19.9 Å². The molecule has 0 aliphatic carbocycles. The highest BCUT2D eigenvalue weighted by atomic mass is 15.0. The van der Waals surface area contributed by atoms with Crippen LogP contribution < -0.4 is 0 Å². The molecule has 0 aliphatic heterocycles. The second-order valence-electron chi connectivity index (χ2n) is 12.2. The first-order valence-electron chi connectivity index (χ1n) is 16.4. The highest BCUT2D eigenvalue weighted by Crippen LogP contribution is 2.42. The van der Waals surface area contributed by atoms with Gasteiger partial charge in [0, 0.05) is 33.8 Å². The van der Waals surface area contributed by atoms with Crippen molar-refractivity contribution in [2.75, 3.05) is 0 Å². The number of pyridine rings is 1. The second kappa shape index (κ2) is 12.2. The summed E-state index contributed by atoms with van der Waals surface area (Å²) in [6.45, 7) is 7.59. The molecular formula is C45H27N5. The molecule has 0 atom stereocenters. The van der Waals surface area contributed by atoms with Crippen LogP contribution in [-0.2, 0) is 0 Å². The van der Waals surface area contributed by atoms with Crippen molar-refractivity contribution in [1.29, 1.82) is 0 Å². The average molecular weight is 638 g/mol. The molecule has 0 bridgehead atoms. The Morgan fingerprint density at radius 3 is 1.60 bits per heavy atom. The van der Waals surface area contributed by atoms with Gasteiger partial charge in [0.1, 0.15) is 0 Å². The van der Waals surface area contributed by atoms with Crippen molar-refractivity contribution in [3.05, 3.63) is 175 Å². The lowest BCUT2D eigenvalue weighted by Gasteiger charge is -2.16. The van der Waals surface area contributed by atoms with Crippen LogP contribution in [0.15, 0.2) is 164 Å². The number of hydrogen-bond acceptors (Lipinski definition) is 4. The molecule has 0 radical (unpaired) electrons. The summed E-state index contributed by atoms with van der Waals surface area (Å²) < 4.78 is 0. The lowest BCUT2D eigenvalue weighted by Crippen LogP contribution is -2.00. The standard InChI is InChI=1S/C45H27N5/c1-46-34-20-11-18-32(26-34)38-27-41-37-23-12-24-47-42(37)39(28-40(41)36-22-9-8-21-35(36)38)31-17-10-19-33(25-31)45-49-43(29-13-4-2-5-14-29)48-44(50-45)30-15-6-3-7-16-30/h2-28H. The fraction of sp³-hybridized carbons (Fsp3) is 0. The lowest BCUT2D eigenvalue weighted by molar-refractivity contribution is 1.07. The minimum Gasteiger partial charge on any atom is -0.256 e. The number of benzene rings is 7. The Labute approximate surface area is 289 Å². The maximum Gasteiger partial charge on any atom is 0.187 e. The number of aromatic nitrogens is 4. The van der Waals surface area contributed by atoms with E-state index in [1.54, 1.807) is 0 Å². The third kappa shape index (κ3) is 5.13. The van der Waals surface area contributed by atoms with Gasteiger partial charge in [0.05, 0.1) is 12.1 Å². The van der Waals surface area contributed by atoms with Gasteiger partial charge in [0.15, 0.2) is 23.2 Å². The van der Waals surface area contributed by atoms with Crippen LogP contribution in [0.2, 0.25) is 0 Å². The Morgan fingerprint density at radius 1 is 0.380 bits per heavy atom. The first-order chi connectivity index (χ1) is 24.7. The molecular weight excluding hydrogens is 611 g/mol. The van der Waals surface area contributed by atoms with Crippen LogP contribution in [0, 0.1) is 6.57 Å². The maximum atomic E-state index is 7.59. The quantitative estimate of drug-likeness (QED) is 0.139. The zero-order valence-corrected chi connectivity index (χ0v) is 26.8. The third-order valence-electron chi connectivity index (χ3n) is 9.15. The molecule has 2 heterocycles. The minimum atomic E-state index is 0.606. The lowest BCUT2D eigenvalue weighted by atomic mass is 9.89. The van der Waals surface area contributed by atoms with Gasteiger partial charge in [-0.3, -0.25) is 4.98 Å². The Bertz CT molecular complexity index is 2710. The van der Waals surface area contributed by atoms with E-state index >= 15 is 0 Å². The van der Waals surface area contributed by atoms with E-state index in [0.717, 1.165) is 71.4 Å². The Hall–Kier alpha value is -7.03. The molecule has 0 saturated carbocycles. The first-order valence-corrected chi connectivity index (χ1v) is 16.4. The highest BCUT2D eigenvalue weighted by molar-refractivity contribution is 6.23. The number of nitrogens with zero attached hydrogens (tertiary/aromatic N) is 5. The van der Waals surface area contributed by atoms with E-state index in [-0.39, 0.29) is 0 Å². The predicted octanol–water partition coefficient (Wildman–Crippen LogP) is 11.6. The van der Waals surface area contributed by atoms with Gasteiger partial charge in [-0.05, 0) is 68.6 Å². The molecule has 7 aromatic carbocycles. The van der Waals surface area contributed by atoms with Crippen LogP contribution in [0.3, 0.4) is 0 Å². The van der Waals surface area contributed by atoms with E-state index in [2.05, 4.69) is 77.6 Å². The van der Waals surface area contributed by atoms with Crippen molar-refractivity contribution < 1.29 is 0 Å². The van der Waals surface area contributed by atoms with E-state index in [1.807, 2.05) is 91.1 Å². The van der Waals surface area contributed by atoms with E-state index in [1.165, 1.54) is 0 Å². The molecule has 0 fully saturated rings. The summed E-state index contributed by atoms with van der Waals surface area (Å²) in [6, 6.07) is 53.5. The molecule has 232 valence electrons. The van der Waals surface area contributed by atoms with Crippen LogP contribution in [0.4, 0.5) is 5.69 Å².